The van der Waals surface area contributed by atoms with Crippen LogP contribution in [0, 0.1) is 0 Å². The number of benzene rings is 3. The number of ether oxygens (including phenoxy) is 2. The van der Waals surface area contributed by atoms with Gasteiger partial charge in [-0.2, -0.15) is 0 Å². The number of para-hydroxylation sites is 1. The second kappa shape index (κ2) is 10.1. The quantitative estimate of drug-likeness (QED) is 0.446. The molecule has 1 atom stereocenters. The summed E-state index contributed by atoms with van der Waals surface area (Å²) in [5, 5.41) is 6.36. The van der Waals surface area contributed by atoms with Gasteiger partial charge < -0.3 is 20.1 Å². The minimum atomic E-state index is -0.494. The Morgan fingerprint density at radius 1 is 0.917 bits per heavy atom. The van der Waals surface area contributed by atoms with Crippen LogP contribution < -0.4 is 20.1 Å². The van der Waals surface area contributed by atoms with Crippen LogP contribution in [-0.2, 0) is 9.59 Å². The molecule has 0 spiro atoms. The molecule has 0 fully saturated rings. The number of Topliss-reactive ketones (excluding diaryl/α,β-unsaturated/α-hetero) is 1. The summed E-state index contributed by atoms with van der Waals surface area (Å²) in [6, 6.07) is 24.4. The first-order chi connectivity index (χ1) is 17.5. The van der Waals surface area contributed by atoms with Crippen molar-refractivity contribution in [2.45, 2.75) is 32.1 Å². The van der Waals surface area contributed by atoms with Crippen LogP contribution in [-0.4, -0.2) is 18.8 Å². The molecule has 3 aromatic rings. The van der Waals surface area contributed by atoms with E-state index in [9.17, 15) is 9.59 Å². The molecule has 0 radical (unpaired) electrons. The lowest BCUT2D eigenvalue weighted by atomic mass is 9.75. The molecular weight excluding hydrogens is 452 g/mol. The summed E-state index contributed by atoms with van der Waals surface area (Å²) in [5.41, 5.74) is 4.33. The van der Waals surface area contributed by atoms with E-state index in [2.05, 4.69) is 10.6 Å². The Balaban J connectivity index is 1.53. The Hall–Kier alpha value is -4.32. The molecule has 1 amide bonds. The maximum Gasteiger partial charge on any atom is 0.254 e. The van der Waals surface area contributed by atoms with Crippen LogP contribution in [0.5, 0.6) is 17.2 Å². The number of hydrogen-bond acceptors (Lipinski definition) is 5. The van der Waals surface area contributed by atoms with Crippen molar-refractivity contribution in [2.24, 2.45) is 0 Å². The van der Waals surface area contributed by atoms with Crippen molar-refractivity contribution in [3.63, 3.8) is 0 Å². The zero-order valence-electron chi connectivity index (χ0n) is 20.3. The van der Waals surface area contributed by atoms with Crippen molar-refractivity contribution >= 4 is 17.4 Å². The molecule has 1 aliphatic heterocycles. The molecule has 2 aliphatic rings. The van der Waals surface area contributed by atoms with E-state index in [4.69, 9.17) is 9.47 Å². The fraction of sp³-hybridized carbons (Fsp3) is 0.200. The first-order valence-corrected chi connectivity index (χ1v) is 12.1. The second-order valence-corrected chi connectivity index (χ2v) is 8.94. The molecule has 0 unspecified atom stereocenters. The Labute approximate surface area is 210 Å². The fourth-order valence-electron chi connectivity index (χ4n) is 4.87. The van der Waals surface area contributed by atoms with Crippen molar-refractivity contribution in [1.29, 1.82) is 0 Å². The van der Waals surface area contributed by atoms with Gasteiger partial charge in [0.1, 0.15) is 17.2 Å². The number of ketones is 1. The highest BCUT2D eigenvalue weighted by molar-refractivity contribution is 6.09. The van der Waals surface area contributed by atoms with Crippen LogP contribution in [0.4, 0.5) is 5.69 Å². The van der Waals surface area contributed by atoms with Gasteiger partial charge in [0.05, 0.1) is 7.11 Å². The SMILES string of the molecule is COc1ccc(NC(=O)C2=C(C)NC3=C(C(=O)CCC3)[C@@H]2c2cccc(Oc3ccccc3)c2)cc1. The van der Waals surface area contributed by atoms with E-state index >= 15 is 0 Å². The molecule has 3 aromatic carbocycles. The third-order valence-electron chi connectivity index (χ3n) is 6.54. The maximum atomic E-state index is 13.7. The molecule has 6 heteroatoms. The summed E-state index contributed by atoms with van der Waals surface area (Å²) in [7, 11) is 1.60. The highest BCUT2D eigenvalue weighted by Crippen LogP contribution is 2.43. The number of hydrogen-bond donors (Lipinski definition) is 2. The van der Waals surface area contributed by atoms with Gasteiger partial charge in [-0.3, -0.25) is 9.59 Å². The van der Waals surface area contributed by atoms with Crippen molar-refractivity contribution in [1.82, 2.24) is 5.32 Å². The molecule has 36 heavy (non-hydrogen) atoms. The highest BCUT2D eigenvalue weighted by Gasteiger charge is 2.38. The number of nitrogens with one attached hydrogen (secondary N) is 2. The van der Waals surface area contributed by atoms with Gasteiger partial charge in [0.2, 0.25) is 0 Å². The molecule has 6 nitrogen and oxygen atoms in total. The number of carbonyl (C=O) groups excluding carboxylic acids is 2. The Morgan fingerprint density at radius 3 is 2.42 bits per heavy atom. The maximum absolute atomic E-state index is 13.7. The van der Waals surface area contributed by atoms with Crippen LogP contribution in [0.25, 0.3) is 0 Å². The van der Waals surface area contributed by atoms with E-state index in [0.717, 1.165) is 35.5 Å². The fourth-order valence-corrected chi connectivity index (χ4v) is 4.87. The zero-order chi connectivity index (χ0) is 25.1. The van der Waals surface area contributed by atoms with Crippen LogP contribution in [0.1, 0.15) is 37.7 Å². The largest absolute Gasteiger partial charge is 0.497 e. The number of amides is 1. The number of anilines is 1. The van der Waals surface area contributed by atoms with Gasteiger partial charge in [-0.15, -0.1) is 0 Å². The van der Waals surface area contributed by atoms with Gasteiger partial charge in [0.15, 0.2) is 5.78 Å². The average Bonchev–Trinajstić information content (AvgIpc) is 2.89. The topological polar surface area (TPSA) is 76.7 Å². The van der Waals surface area contributed by atoms with Gasteiger partial charge in [0.25, 0.3) is 5.91 Å². The normalized spacial score (nSPS) is 17.3. The Morgan fingerprint density at radius 2 is 1.67 bits per heavy atom. The molecule has 2 N–H and O–H groups in total. The van der Waals surface area contributed by atoms with Crippen molar-refractivity contribution < 1.29 is 19.1 Å². The van der Waals surface area contributed by atoms with Crippen LogP contribution >= 0.6 is 0 Å². The lowest BCUT2D eigenvalue weighted by Crippen LogP contribution is -2.35. The molecule has 0 saturated carbocycles. The zero-order valence-corrected chi connectivity index (χ0v) is 20.3. The molecular formula is C30H28N2O4. The molecule has 0 saturated heterocycles. The van der Waals surface area contributed by atoms with E-state index in [1.165, 1.54) is 0 Å². The first kappa shape index (κ1) is 23.4. The van der Waals surface area contributed by atoms with E-state index in [1.807, 2.05) is 61.5 Å². The minimum absolute atomic E-state index is 0.0744. The van der Waals surface area contributed by atoms with E-state index in [0.29, 0.717) is 34.8 Å². The van der Waals surface area contributed by atoms with Gasteiger partial charge >= 0.3 is 0 Å². The molecule has 182 valence electrons. The van der Waals surface area contributed by atoms with Gasteiger partial charge in [0, 0.05) is 40.6 Å². The predicted octanol–water partition coefficient (Wildman–Crippen LogP) is 6.09. The van der Waals surface area contributed by atoms with E-state index in [1.54, 1.807) is 31.4 Å². The molecule has 5 rings (SSSR count). The number of carbonyl (C=O) groups is 2. The van der Waals surface area contributed by atoms with Crippen molar-refractivity contribution in [2.75, 3.05) is 12.4 Å². The molecule has 1 aliphatic carbocycles. The molecule has 1 heterocycles. The summed E-state index contributed by atoms with van der Waals surface area (Å²) in [6.07, 6.45) is 2.06. The lowest BCUT2D eigenvalue weighted by molar-refractivity contribution is -0.116. The van der Waals surface area contributed by atoms with Crippen molar-refractivity contribution in [3.8, 4) is 17.2 Å². The Bertz CT molecular complexity index is 1360. The third kappa shape index (κ3) is 4.75. The van der Waals surface area contributed by atoms with Gasteiger partial charge in [-0.1, -0.05) is 30.3 Å². The van der Waals surface area contributed by atoms with Crippen LogP contribution in [0.2, 0.25) is 0 Å². The van der Waals surface area contributed by atoms with Gasteiger partial charge in [-0.25, -0.2) is 0 Å². The van der Waals surface area contributed by atoms with E-state index in [-0.39, 0.29) is 11.7 Å². The first-order valence-electron chi connectivity index (χ1n) is 12.1. The standard InChI is InChI=1S/C30H28N2O4/c1-19-27(30(34)32-21-14-16-22(35-2)17-15-21)28(29-25(31-19)12-7-13-26(29)33)20-8-6-11-24(18-20)36-23-9-4-3-5-10-23/h3-6,8-11,14-18,28,31H,7,12-13H2,1-2H3,(H,32,34)/t28-/m1/s1. The summed E-state index contributed by atoms with van der Waals surface area (Å²) < 4.78 is 11.3. The van der Waals surface area contributed by atoms with Crippen LogP contribution in [0.15, 0.2) is 101 Å². The summed E-state index contributed by atoms with van der Waals surface area (Å²) in [6.45, 7) is 1.89. The molecule has 0 aromatic heterocycles. The predicted molar refractivity (Wildman–Crippen MR) is 139 cm³/mol. The Kier molecular flexibility index (Phi) is 6.58. The smallest absolute Gasteiger partial charge is 0.254 e. The number of dihydropyridines is 1. The lowest BCUT2D eigenvalue weighted by Gasteiger charge is -2.34. The summed E-state index contributed by atoms with van der Waals surface area (Å²) >= 11 is 0. The minimum Gasteiger partial charge on any atom is -0.497 e. The third-order valence-corrected chi connectivity index (χ3v) is 6.54. The van der Waals surface area contributed by atoms with E-state index < -0.39 is 5.92 Å². The number of methoxy groups -OCH3 is 1. The second-order valence-electron chi connectivity index (χ2n) is 8.94. The monoisotopic (exact) mass is 480 g/mol. The van der Waals surface area contributed by atoms with Crippen molar-refractivity contribution in [3.05, 3.63) is 107 Å². The van der Waals surface area contributed by atoms with Gasteiger partial charge in [-0.05, 0) is 73.9 Å². The summed E-state index contributed by atoms with van der Waals surface area (Å²) in [4.78, 5) is 26.9. The highest BCUT2D eigenvalue weighted by atomic mass is 16.5. The summed E-state index contributed by atoms with van der Waals surface area (Å²) in [5.74, 6) is 1.40. The van der Waals surface area contributed by atoms with Crippen LogP contribution in [0.3, 0.4) is 0 Å². The number of allylic oxidation sites excluding steroid dienone is 3. The molecule has 0 bridgehead atoms. The average molecular weight is 481 g/mol. The number of rotatable bonds is 6.